The highest BCUT2D eigenvalue weighted by Gasteiger charge is 2.33. The first-order valence-corrected chi connectivity index (χ1v) is 9.71. The second kappa shape index (κ2) is 8.89. The van der Waals surface area contributed by atoms with E-state index in [-0.39, 0.29) is 17.3 Å². The molecule has 0 aliphatic carbocycles. The summed E-state index contributed by atoms with van der Waals surface area (Å²) >= 11 is 0. The molecule has 0 fully saturated rings. The molecule has 0 unspecified atom stereocenters. The molecule has 28 heavy (non-hydrogen) atoms. The first-order chi connectivity index (χ1) is 13.5. The third-order valence-electron chi connectivity index (χ3n) is 4.88. The quantitative estimate of drug-likeness (QED) is 0.682. The van der Waals surface area contributed by atoms with Gasteiger partial charge in [0.2, 0.25) is 5.78 Å². The van der Waals surface area contributed by atoms with Crippen LogP contribution in [0.1, 0.15) is 46.8 Å². The average molecular weight is 377 g/mol. The molecule has 1 heterocycles. The first kappa shape index (κ1) is 19.9. The van der Waals surface area contributed by atoms with Crippen molar-refractivity contribution in [2.75, 3.05) is 13.6 Å². The molecule has 0 saturated heterocycles. The number of phenolic OH excluding ortho intramolecular Hbond substituents is 1. The number of ketones is 1. The minimum Gasteiger partial charge on any atom is -0.507 e. The van der Waals surface area contributed by atoms with Crippen LogP contribution in [-0.2, 0) is 6.54 Å². The summed E-state index contributed by atoms with van der Waals surface area (Å²) in [7, 11) is 2.01. The number of carbonyl (C=O) groups is 1. The normalized spacial score (nSPS) is 14.9. The molecule has 1 aliphatic heterocycles. The summed E-state index contributed by atoms with van der Waals surface area (Å²) in [5.41, 5.74) is 3.00. The first-order valence-electron chi connectivity index (χ1n) is 9.71. The number of aromatic hydroxyl groups is 1. The third kappa shape index (κ3) is 4.34. The molecule has 1 N–H and O–H groups in total. The Bertz CT molecular complexity index is 913. The number of allylic oxidation sites excluding steroid dienone is 3. The third-order valence-corrected chi connectivity index (χ3v) is 4.88. The van der Waals surface area contributed by atoms with Gasteiger partial charge in [0.25, 0.3) is 0 Å². The number of hydrogen-bond donors (Lipinski definition) is 1. The number of nitrogens with zero attached hydrogens (tertiary/aromatic N) is 1. The Morgan fingerprint density at radius 1 is 1.21 bits per heavy atom. The highest BCUT2D eigenvalue weighted by atomic mass is 16.5. The van der Waals surface area contributed by atoms with Crippen molar-refractivity contribution < 1.29 is 14.6 Å². The van der Waals surface area contributed by atoms with Gasteiger partial charge >= 0.3 is 0 Å². The zero-order valence-corrected chi connectivity index (χ0v) is 16.7. The van der Waals surface area contributed by atoms with Gasteiger partial charge in [-0.25, -0.2) is 0 Å². The van der Waals surface area contributed by atoms with E-state index >= 15 is 0 Å². The van der Waals surface area contributed by atoms with Gasteiger partial charge in [0.1, 0.15) is 11.5 Å². The average Bonchev–Trinajstić information content (AvgIpc) is 3.01. The Balaban J connectivity index is 1.87. The van der Waals surface area contributed by atoms with Crippen molar-refractivity contribution in [1.29, 1.82) is 0 Å². The van der Waals surface area contributed by atoms with Gasteiger partial charge in [0.05, 0.1) is 11.1 Å². The van der Waals surface area contributed by atoms with Gasteiger partial charge in [0, 0.05) is 6.54 Å². The molecule has 0 aromatic heterocycles. The van der Waals surface area contributed by atoms with Gasteiger partial charge in [-0.2, -0.15) is 0 Å². The summed E-state index contributed by atoms with van der Waals surface area (Å²) in [5.74, 6) is 0.815. The maximum atomic E-state index is 12.9. The van der Waals surface area contributed by atoms with E-state index in [1.54, 1.807) is 12.1 Å². The summed E-state index contributed by atoms with van der Waals surface area (Å²) in [5, 5.41) is 10.5. The molecule has 0 atom stereocenters. The van der Waals surface area contributed by atoms with Crippen molar-refractivity contribution in [2.24, 2.45) is 0 Å². The van der Waals surface area contributed by atoms with Gasteiger partial charge in [-0.3, -0.25) is 4.79 Å². The van der Waals surface area contributed by atoms with Gasteiger partial charge in [-0.05, 0) is 50.2 Å². The highest BCUT2D eigenvalue weighted by molar-refractivity contribution is 6.13. The number of Topliss-reactive ketones (excluding diaryl/α,β-unsaturated/α-hetero) is 1. The van der Waals surface area contributed by atoms with Crippen molar-refractivity contribution in [3.05, 3.63) is 76.6 Å². The van der Waals surface area contributed by atoms with Crippen LogP contribution in [0.25, 0.3) is 6.08 Å². The van der Waals surface area contributed by atoms with E-state index in [1.807, 2.05) is 56.5 Å². The zero-order valence-electron chi connectivity index (χ0n) is 16.7. The standard InChI is InChI=1S/C24H27NO3/c1-4-5-14-25(3)16-19-20(26)15-17(2)22-23(27)21(28-24(19)22)13-9-12-18-10-7-6-8-11-18/h6-13,15,26H,4-5,14,16H2,1-3H3/b12-9+,21-13-. The Morgan fingerprint density at radius 2 is 1.96 bits per heavy atom. The molecular formula is C24H27NO3. The Kier molecular flexibility index (Phi) is 6.32. The fraction of sp³-hybridized carbons (Fsp3) is 0.292. The van der Waals surface area contributed by atoms with Gasteiger partial charge in [-0.1, -0.05) is 55.8 Å². The van der Waals surface area contributed by atoms with E-state index < -0.39 is 0 Å². The second-order valence-corrected chi connectivity index (χ2v) is 7.22. The summed E-state index contributed by atoms with van der Waals surface area (Å²) in [6.07, 6.45) is 7.63. The Hall–Kier alpha value is -2.85. The largest absolute Gasteiger partial charge is 0.507 e. The minimum atomic E-state index is -0.136. The van der Waals surface area contributed by atoms with Crippen LogP contribution in [-0.4, -0.2) is 29.4 Å². The second-order valence-electron chi connectivity index (χ2n) is 7.22. The van der Waals surface area contributed by atoms with Crippen LogP contribution in [0.2, 0.25) is 0 Å². The Labute approximate surface area is 166 Å². The Morgan fingerprint density at radius 3 is 2.68 bits per heavy atom. The maximum Gasteiger partial charge on any atom is 0.232 e. The molecule has 2 aromatic carbocycles. The van der Waals surface area contributed by atoms with E-state index in [0.717, 1.165) is 30.5 Å². The van der Waals surface area contributed by atoms with E-state index in [2.05, 4.69) is 11.8 Å². The molecule has 0 amide bonds. The molecule has 0 saturated carbocycles. The molecule has 3 rings (SSSR count). The fourth-order valence-corrected chi connectivity index (χ4v) is 3.34. The highest BCUT2D eigenvalue weighted by Crippen LogP contribution is 2.41. The van der Waals surface area contributed by atoms with E-state index in [4.69, 9.17) is 4.74 Å². The van der Waals surface area contributed by atoms with Gasteiger partial charge in [0.15, 0.2) is 5.76 Å². The van der Waals surface area contributed by atoms with Crippen LogP contribution in [0.3, 0.4) is 0 Å². The lowest BCUT2D eigenvalue weighted by atomic mass is 9.99. The molecule has 2 aromatic rings. The predicted octanol–water partition coefficient (Wildman–Crippen LogP) is 5.10. The number of benzene rings is 2. The number of fused-ring (bicyclic) bond motifs is 1. The van der Waals surface area contributed by atoms with Crippen molar-refractivity contribution in [1.82, 2.24) is 4.90 Å². The number of ether oxygens (including phenoxy) is 1. The maximum absolute atomic E-state index is 12.9. The summed E-state index contributed by atoms with van der Waals surface area (Å²) in [6.45, 7) is 5.44. The molecule has 4 heteroatoms. The molecule has 0 radical (unpaired) electrons. The monoisotopic (exact) mass is 377 g/mol. The molecular weight excluding hydrogens is 350 g/mol. The number of rotatable bonds is 7. The van der Waals surface area contributed by atoms with Crippen LogP contribution in [0.4, 0.5) is 0 Å². The molecule has 1 aliphatic rings. The van der Waals surface area contributed by atoms with Crippen molar-refractivity contribution in [2.45, 2.75) is 33.2 Å². The van der Waals surface area contributed by atoms with Crippen LogP contribution >= 0.6 is 0 Å². The summed E-state index contributed by atoms with van der Waals surface area (Å²) in [4.78, 5) is 15.0. The van der Waals surface area contributed by atoms with Gasteiger partial charge < -0.3 is 14.7 Å². The fourth-order valence-electron chi connectivity index (χ4n) is 3.34. The lowest BCUT2D eigenvalue weighted by Gasteiger charge is -2.19. The van der Waals surface area contributed by atoms with Crippen molar-refractivity contribution in [3.8, 4) is 11.5 Å². The number of phenols is 1. The zero-order chi connectivity index (χ0) is 20.1. The molecule has 0 bridgehead atoms. The lowest BCUT2D eigenvalue weighted by Crippen LogP contribution is -2.19. The number of hydrogen-bond acceptors (Lipinski definition) is 4. The van der Waals surface area contributed by atoms with Crippen molar-refractivity contribution in [3.63, 3.8) is 0 Å². The van der Waals surface area contributed by atoms with Crippen LogP contribution < -0.4 is 4.74 Å². The van der Waals surface area contributed by atoms with E-state index in [9.17, 15) is 9.90 Å². The number of carbonyl (C=O) groups excluding carboxylic acids is 1. The van der Waals surface area contributed by atoms with Crippen molar-refractivity contribution >= 4 is 11.9 Å². The lowest BCUT2D eigenvalue weighted by molar-refractivity contribution is 0.101. The van der Waals surface area contributed by atoms with Crippen LogP contribution in [0, 0.1) is 6.92 Å². The summed E-state index contributed by atoms with van der Waals surface area (Å²) in [6, 6.07) is 11.5. The topological polar surface area (TPSA) is 49.8 Å². The smallest absolute Gasteiger partial charge is 0.232 e. The van der Waals surface area contributed by atoms with Crippen LogP contribution in [0.15, 0.2) is 54.3 Å². The van der Waals surface area contributed by atoms with Crippen LogP contribution in [0.5, 0.6) is 11.5 Å². The molecule has 146 valence electrons. The molecule has 4 nitrogen and oxygen atoms in total. The number of unbranched alkanes of at least 4 members (excludes halogenated alkanes) is 1. The predicted molar refractivity (Wildman–Crippen MR) is 113 cm³/mol. The van der Waals surface area contributed by atoms with E-state index in [1.165, 1.54) is 0 Å². The van der Waals surface area contributed by atoms with E-state index in [0.29, 0.717) is 23.4 Å². The van der Waals surface area contributed by atoms with Gasteiger partial charge in [-0.15, -0.1) is 0 Å². The number of aryl methyl sites for hydroxylation is 1. The molecule has 0 spiro atoms. The summed E-state index contributed by atoms with van der Waals surface area (Å²) < 4.78 is 5.93. The minimum absolute atomic E-state index is 0.136. The SMILES string of the molecule is CCCCN(C)Cc1c(O)cc(C)c2c1O/C(=C\C=C\c1ccccc1)C2=O.